The molecule has 0 aliphatic carbocycles. The van der Waals surface area contributed by atoms with Gasteiger partial charge in [-0.25, -0.2) is 4.79 Å². The topological polar surface area (TPSA) is 39.2 Å². The molecule has 18 heavy (non-hydrogen) atoms. The molecular formula is C14H12ClNO2. The van der Waals surface area contributed by atoms with Crippen molar-refractivity contribution in [3.05, 3.63) is 53.2 Å². The van der Waals surface area contributed by atoms with Crippen molar-refractivity contribution in [3.8, 4) is 11.3 Å². The molecule has 0 N–H and O–H groups in total. The minimum atomic E-state index is -0.354. The van der Waals surface area contributed by atoms with Gasteiger partial charge in [0.1, 0.15) is 0 Å². The van der Waals surface area contributed by atoms with Crippen molar-refractivity contribution in [3.63, 3.8) is 0 Å². The highest BCUT2D eigenvalue weighted by Gasteiger charge is 2.10. The van der Waals surface area contributed by atoms with Crippen LogP contribution in [-0.2, 0) is 4.74 Å². The van der Waals surface area contributed by atoms with Crippen molar-refractivity contribution in [1.29, 1.82) is 0 Å². The van der Waals surface area contributed by atoms with Crippen molar-refractivity contribution < 1.29 is 9.53 Å². The fourth-order valence-corrected chi connectivity index (χ4v) is 1.82. The average molecular weight is 262 g/mol. The summed E-state index contributed by atoms with van der Waals surface area (Å²) >= 11 is 6.10. The third-order valence-electron chi connectivity index (χ3n) is 2.42. The number of carbonyl (C=O) groups excluding carboxylic acids is 1. The molecule has 1 heterocycles. The molecule has 92 valence electrons. The molecule has 1 aromatic carbocycles. The molecule has 0 saturated heterocycles. The predicted octanol–water partition coefficient (Wildman–Crippen LogP) is 3.58. The standard InChI is InChI=1S/C14H12ClNO2/c1-2-18-14(17)10-7-8-16-13(9-10)11-5-3-4-6-12(11)15/h3-9H,2H2,1H3. The highest BCUT2D eigenvalue weighted by atomic mass is 35.5. The van der Waals surface area contributed by atoms with Crippen molar-refractivity contribution in [2.24, 2.45) is 0 Å². The highest BCUT2D eigenvalue weighted by molar-refractivity contribution is 6.33. The van der Waals surface area contributed by atoms with Gasteiger partial charge in [0.05, 0.1) is 17.9 Å². The summed E-state index contributed by atoms with van der Waals surface area (Å²) in [5.41, 5.74) is 1.93. The van der Waals surface area contributed by atoms with Crippen LogP contribution in [0.3, 0.4) is 0 Å². The van der Waals surface area contributed by atoms with E-state index in [0.717, 1.165) is 5.56 Å². The van der Waals surface area contributed by atoms with Gasteiger partial charge in [0, 0.05) is 16.8 Å². The largest absolute Gasteiger partial charge is 0.462 e. The number of rotatable bonds is 3. The van der Waals surface area contributed by atoms with Crippen molar-refractivity contribution >= 4 is 17.6 Å². The first-order valence-corrected chi connectivity index (χ1v) is 5.98. The average Bonchev–Trinajstić information content (AvgIpc) is 2.40. The Morgan fingerprint density at radius 2 is 2.11 bits per heavy atom. The molecule has 2 rings (SSSR count). The Balaban J connectivity index is 2.39. The maximum atomic E-state index is 11.6. The zero-order chi connectivity index (χ0) is 13.0. The minimum Gasteiger partial charge on any atom is -0.462 e. The Morgan fingerprint density at radius 3 is 2.83 bits per heavy atom. The molecule has 0 unspecified atom stereocenters. The molecule has 0 saturated carbocycles. The highest BCUT2D eigenvalue weighted by Crippen LogP contribution is 2.26. The number of esters is 1. The monoisotopic (exact) mass is 261 g/mol. The van der Waals surface area contributed by atoms with E-state index in [2.05, 4.69) is 4.98 Å². The van der Waals surface area contributed by atoms with Gasteiger partial charge in [-0.3, -0.25) is 4.98 Å². The Hall–Kier alpha value is -1.87. The maximum Gasteiger partial charge on any atom is 0.338 e. The summed E-state index contributed by atoms with van der Waals surface area (Å²) < 4.78 is 4.95. The molecule has 0 fully saturated rings. The van der Waals surface area contributed by atoms with E-state index in [-0.39, 0.29) is 5.97 Å². The van der Waals surface area contributed by atoms with Crippen molar-refractivity contribution in [2.75, 3.05) is 6.61 Å². The first-order chi connectivity index (χ1) is 8.72. The van der Waals surface area contributed by atoms with Gasteiger partial charge in [0.2, 0.25) is 0 Å². The van der Waals surface area contributed by atoms with Gasteiger partial charge < -0.3 is 4.74 Å². The lowest BCUT2D eigenvalue weighted by Gasteiger charge is -2.05. The summed E-state index contributed by atoms with van der Waals surface area (Å²) in [6.07, 6.45) is 1.57. The molecule has 0 atom stereocenters. The van der Waals surface area contributed by atoms with Crippen LogP contribution in [0.5, 0.6) is 0 Å². The maximum absolute atomic E-state index is 11.6. The lowest BCUT2D eigenvalue weighted by Crippen LogP contribution is -2.05. The van der Waals surface area contributed by atoms with Crippen LogP contribution in [0.2, 0.25) is 5.02 Å². The first-order valence-electron chi connectivity index (χ1n) is 5.60. The van der Waals surface area contributed by atoms with E-state index < -0.39 is 0 Å². The molecule has 0 spiro atoms. The molecule has 1 aromatic heterocycles. The van der Waals surface area contributed by atoms with E-state index in [1.54, 1.807) is 31.3 Å². The lowest BCUT2D eigenvalue weighted by atomic mass is 10.1. The van der Waals surface area contributed by atoms with E-state index in [0.29, 0.717) is 22.9 Å². The second-order valence-corrected chi connectivity index (χ2v) is 4.04. The summed E-state index contributed by atoms with van der Waals surface area (Å²) in [5.74, 6) is -0.354. The van der Waals surface area contributed by atoms with Crippen LogP contribution in [0.1, 0.15) is 17.3 Å². The number of hydrogen-bond donors (Lipinski definition) is 0. The van der Waals surface area contributed by atoms with Gasteiger partial charge in [-0.15, -0.1) is 0 Å². The SMILES string of the molecule is CCOC(=O)c1ccnc(-c2ccccc2Cl)c1. The molecule has 4 heteroatoms. The van der Waals surface area contributed by atoms with Crippen molar-refractivity contribution in [2.45, 2.75) is 6.92 Å². The number of hydrogen-bond acceptors (Lipinski definition) is 3. The normalized spacial score (nSPS) is 10.1. The molecular weight excluding hydrogens is 250 g/mol. The Bertz CT molecular complexity index is 569. The summed E-state index contributed by atoms with van der Waals surface area (Å²) in [7, 11) is 0. The van der Waals surface area contributed by atoms with Crippen LogP contribution < -0.4 is 0 Å². The smallest absolute Gasteiger partial charge is 0.338 e. The number of benzene rings is 1. The van der Waals surface area contributed by atoms with Gasteiger partial charge >= 0.3 is 5.97 Å². The number of halogens is 1. The predicted molar refractivity (Wildman–Crippen MR) is 70.6 cm³/mol. The molecule has 0 amide bonds. The molecule has 2 aromatic rings. The number of pyridine rings is 1. The molecule has 3 nitrogen and oxygen atoms in total. The number of ether oxygens (including phenoxy) is 1. The second-order valence-electron chi connectivity index (χ2n) is 3.63. The number of aromatic nitrogens is 1. The van der Waals surface area contributed by atoms with Gasteiger partial charge in [-0.1, -0.05) is 29.8 Å². The minimum absolute atomic E-state index is 0.350. The quantitative estimate of drug-likeness (QED) is 0.793. The zero-order valence-corrected chi connectivity index (χ0v) is 10.6. The summed E-state index contributed by atoms with van der Waals surface area (Å²) in [4.78, 5) is 15.9. The summed E-state index contributed by atoms with van der Waals surface area (Å²) in [5, 5.41) is 0.603. The summed E-state index contributed by atoms with van der Waals surface area (Å²) in [6, 6.07) is 10.7. The van der Waals surface area contributed by atoms with E-state index in [1.165, 1.54) is 0 Å². The molecule has 0 radical (unpaired) electrons. The van der Waals surface area contributed by atoms with Crippen LogP contribution in [0.4, 0.5) is 0 Å². The van der Waals surface area contributed by atoms with Crippen LogP contribution in [-0.4, -0.2) is 17.6 Å². The second kappa shape index (κ2) is 5.65. The van der Waals surface area contributed by atoms with Gasteiger partial charge in [0.15, 0.2) is 0 Å². The number of carbonyl (C=O) groups is 1. The first kappa shape index (κ1) is 12.6. The fourth-order valence-electron chi connectivity index (χ4n) is 1.59. The van der Waals surface area contributed by atoms with Gasteiger partial charge in [-0.2, -0.15) is 0 Å². The van der Waals surface area contributed by atoms with E-state index in [4.69, 9.17) is 16.3 Å². The Morgan fingerprint density at radius 1 is 1.33 bits per heavy atom. The fraction of sp³-hybridized carbons (Fsp3) is 0.143. The van der Waals surface area contributed by atoms with E-state index in [1.807, 2.05) is 18.2 Å². The van der Waals surface area contributed by atoms with Crippen LogP contribution in [0.15, 0.2) is 42.6 Å². The Labute approximate surface area is 110 Å². The third-order valence-corrected chi connectivity index (χ3v) is 2.75. The summed E-state index contributed by atoms with van der Waals surface area (Å²) in [6.45, 7) is 2.12. The lowest BCUT2D eigenvalue weighted by molar-refractivity contribution is 0.0526. The molecule has 0 aliphatic heterocycles. The van der Waals surface area contributed by atoms with Gasteiger partial charge in [-0.05, 0) is 25.1 Å². The number of nitrogens with zero attached hydrogens (tertiary/aromatic N) is 1. The third kappa shape index (κ3) is 2.68. The Kier molecular flexibility index (Phi) is 3.95. The van der Waals surface area contributed by atoms with Crippen LogP contribution >= 0.6 is 11.6 Å². The zero-order valence-electron chi connectivity index (χ0n) is 9.89. The van der Waals surface area contributed by atoms with Crippen LogP contribution in [0, 0.1) is 0 Å². The van der Waals surface area contributed by atoms with E-state index >= 15 is 0 Å². The molecule has 0 bridgehead atoms. The van der Waals surface area contributed by atoms with E-state index in [9.17, 15) is 4.79 Å². The van der Waals surface area contributed by atoms with Crippen molar-refractivity contribution in [1.82, 2.24) is 4.98 Å². The van der Waals surface area contributed by atoms with Gasteiger partial charge in [0.25, 0.3) is 0 Å². The molecule has 0 aliphatic rings. The van der Waals surface area contributed by atoms with Crippen LogP contribution in [0.25, 0.3) is 11.3 Å².